The first-order valence-electron chi connectivity index (χ1n) is 9.09. The molecule has 28 heavy (non-hydrogen) atoms. The lowest BCUT2D eigenvalue weighted by Crippen LogP contribution is -2.48. The van der Waals surface area contributed by atoms with E-state index in [2.05, 4.69) is 32.8 Å². The number of hydrogen-bond donors (Lipinski definition) is 2. The molecule has 1 aliphatic heterocycles. The first kappa shape index (κ1) is 19.8. The molecule has 1 aliphatic rings. The molecular formula is C20H22F2N4O2. The van der Waals surface area contributed by atoms with Gasteiger partial charge in [0.05, 0.1) is 0 Å². The number of amides is 2. The molecule has 0 saturated carbocycles. The van der Waals surface area contributed by atoms with E-state index in [1.165, 1.54) is 5.69 Å². The Bertz CT molecular complexity index is 804. The number of anilines is 1. The molecule has 1 fully saturated rings. The van der Waals surface area contributed by atoms with Crippen molar-refractivity contribution in [3.05, 3.63) is 65.7 Å². The van der Waals surface area contributed by atoms with Gasteiger partial charge in [-0.25, -0.2) is 8.78 Å². The lowest BCUT2D eigenvalue weighted by molar-refractivity contribution is -0.122. The monoisotopic (exact) mass is 388 g/mol. The molecule has 3 rings (SSSR count). The first-order valence-corrected chi connectivity index (χ1v) is 9.09. The lowest BCUT2D eigenvalue weighted by atomic mass is 10.2. The van der Waals surface area contributed by atoms with E-state index in [1.54, 1.807) is 0 Å². The Morgan fingerprint density at radius 2 is 1.54 bits per heavy atom. The van der Waals surface area contributed by atoms with Crippen molar-refractivity contribution in [3.63, 3.8) is 0 Å². The summed E-state index contributed by atoms with van der Waals surface area (Å²) in [5, 5.41) is 0. The van der Waals surface area contributed by atoms with Gasteiger partial charge in [-0.05, 0) is 24.3 Å². The molecule has 8 heteroatoms. The summed E-state index contributed by atoms with van der Waals surface area (Å²) in [7, 11) is 0. The number of hydrazine groups is 1. The molecule has 1 saturated heterocycles. The van der Waals surface area contributed by atoms with Crippen molar-refractivity contribution < 1.29 is 18.4 Å². The van der Waals surface area contributed by atoms with Crippen LogP contribution in [0.4, 0.5) is 14.5 Å². The van der Waals surface area contributed by atoms with Crippen LogP contribution in [0.5, 0.6) is 0 Å². The number of halogens is 2. The van der Waals surface area contributed by atoms with Crippen molar-refractivity contribution in [2.45, 2.75) is 6.42 Å². The third kappa shape index (κ3) is 5.50. The number of rotatable bonds is 5. The smallest absolute Gasteiger partial charge is 0.269 e. The van der Waals surface area contributed by atoms with Crippen LogP contribution in [-0.2, 0) is 4.79 Å². The van der Waals surface area contributed by atoms with Gasteiger partial charge in [0.25, 0.3) is 5.91 Å². The zero-order valence-corrected chi connectivity index (χ0v) is 15.3. The molecule has 0 spiro atoms. The highest BCUT2D eigenvalue weighted by Gasteiger charge is 2.18. The SMILES string of the molecule is O=C(CCN1CCN(c2ccccc2)CC1)NNC(=O)c1cc(F)cc(F)c1. The lowest BCUT2D eigenvalue weighted by Gasteiger charge is -2.36. The molecule has 148 valence electrons. The molecule has 0 bridgehead atoms. The second-order valence-corrected chi connectivity index (χ2v) is 6.57. The number of para-hydroxylation sites is 1. The molecule has 0 radical (unpaired) electrons. The van der Waals surface area contributed by atoms with Gasteiger partial charge in [-0.1, -0.05) is 18.2 Å². The molecule has 0 aromatic heterocycles. The second-order valence-electron chi connectivity index (χ2n) is 6.57. The van der Waals surface area contributed by atoms with Gasteiger partial charge in [0.2, 0.25) is 5.91 Å². The Morgan fingerprint density at radius 3 is 2.18 bits per heavy atom. The third-order valence-corrected chi connectivity index (χ3v) is 4.59. The van der Waals surface area contributed by atoms with E-state index in [9.17, 15) is 18.4 Å². The van der Waals surface area contributed by atoms with Crippen LogP contribution in [0, 0.1) is 11.6 Å². The largest absolute Gasteiger partial charge is 0.369 e. The summed E-state index contributed by atoms with van der Waals surface area (Å²) >= 11 is 0. The Kier molecular flexibility index (Phi) is 6.54. The van der Waals surface area contributed by atoms with Crippen LogP contribution in [0.3, 0.4) is 0 Å². The number of benzene rings is 2. The minimum Gasteiger partial charge on any atom is -0.369 e. The fourth-order valence-electron chi connectivity index (χ4n) is 3.07. The summed E-state index contributed by atoms with van der Waals surface area (Å²) in [6.07, 6.45) is 0.211. The van der Waals surface area contributed by atoms with E-state index in [-0.39, 0.29) is 17.9 Å². The van der Waals surface area contributed by atoms with Crippen molar-refractivity contribution in [1.29, 1.82) is 0 Å². The zero-order valence-electron chi connectivity index (χ0n) is 15.3. The topological polar surface area (TPSA) is 64.7 Å². The molecule has 2 amide bonds. The van der Waals surface area contributed by atoms with Crippen molar-refractivity contribution in [2.75, 3.05) is 37.6 Å². The summed E-state index contributed by atoms with van der Waals surface area (Å²) in [5.41, 5.74) is 5.44. The molecular weight excluding hydrogens is 366 g/mol. The van der Waals surface area contributed by atoms with E-state index in [1.807, 2.05) is 18.2 Å². The summed E-state index contributed by atoms with van der Waals surface area (Å²) < 4.78 is 26.3. The van der Waals surface area contributed by atoms with Crippen LogP contribution in [0.2, 0.25) is 0 Å². The quantitative estimate of drug-likeness (QED) is 0.769. The third-order valence-electron chi connectivity index (χ3n) is 4.59. The molecule has 0 unspecified atom stereocenters. The maximum atomic E-state index is 13.1. The van der Waals surface area contributed by atoms with Gasteiger partial charge < -0.3 is 4.90 Å². The van der Waals surface area contributed by atoms with Crippen LogP contribution in [0.15, 0.2) is 48.5 Å². The average Bonchev–Trinajstić information content (AvgIpc) is 2.71. The Morgan fingerprint density at radius 1 is 0.893 bits per heavy atom. The highest BCUT2D eigenvalue weighted by atomic mass is 19.1. The summed E-state index contributed by atoms with van der Waals surface area (Å²) in [6.45, 7) is 4.02. The number of nitrogens with zero attached hydrogens (tertiary/aromatic N) is 2. The summed E-state index contributed by atoms with van der Waals surface area (Å²) in [5.74, 6) is -2.85. The normalized spacial score (nSPS) is 14.6. The van der Waals surface area contributed by atoms with Gasteiger partial charge in [-0.3, -0.25) is 25.3 Å². The highest BCUT2D eigenvalue weighted by Crippen LogP contribution is 2.15. The molecule has 0 aliphatic carbocycles. The average molecular weight is 388 g/mol. The molecule has 2 N–H and O–H groups in total. The Balaban J connectivity index is 1.37. The van der Waals surface area contributed by atoms with Crippen molar-refractivity contribution in [3.8, 4) is 0 Å². The fraction of sp³-hybridized carbons (Fsp3) is 0.300. The first-order chi connectivity index (χ1) is 13.5. The minimum atomic E-state index is -0.855. The van der Waals surface area contributed by atoms with Gasteiger partial charge in [0, 0.05) is 56.5 Å². The van der Waals surface area contributed by atoms with Gasteiger partial charge >= 0.3 is 0 Å². The van der Waals surface area contributed by atoms with Crippen LogP contribution >= 0.6 is 0 Å². The van der Waals surface area contributed by atoms with E-state index >= 15 is 0 Å². The summed E-state index contributed by atoms with van der Waals surface area (Å²) in [6, 6.07) is 12.6. The van der Waals surface area contributed by atoms with Gasteiger partial charge in [-0.15, -0.1) is 0 Å². The number of hydrogen-bond acceptors (Lipinski definition) is 4. The van der Waals surface area contributed by atoms with E-state index in [0.717, 1.165) is 38.3 Å². The number of piperazine rings is 1. The Labute approximate surface area is 162 Å². The van der Waals surface area contributed by atoms with E-state index < -0.39 is 17.5 Å². The standard InChI is InChI=1S/C20H22F2N4O2/c21-16-12-15(13-17(22)14-16)20(28)24-23-19(27)6-7-25-8-10-26(11-9-25)18-4-2-1-3-5-18/h1-5,12-14H,6-11H2,(H,23,27)(H,24,28). The molecule has 0 atom stereocenters. The van der Waals surface area contributed by atoms with Crippen molar-refractivity contribution in [2.24, 2.45) is 0 Å². The number of carbonyl (C=O) groups excluding carboxylic acids is 2. The molecule has 6 nitrogen and oxygen atoms in total. The predicted octanol–water partition coefficient (Wildman–Crippen LogP) is 1.94. The van der Waals surface area contributed by atoms with Crippen molar-refractivity contribution in [1.82, 2.24) is 15.8 Å². The summed E-state index contributed by atoms with van der Waals surface area (Å²) in [4.78, 5) is 28.3. The fourth-order valence-corrected chi connectivity index (χ4v) is 3.07. The van der Waals surface area contributed by atoms with Gasteiger partial charge in [0.15, 0.2) is 0 Å². The van der Waals surface area contributed by atoms with Crippen LogP contribution in [0.25, 0.3) is 0 Å². The molecule has 2 aromatic carbocycles. The highest BCUT2D eigenvalue weighted by molar-refractivity contribution is 5.95. The van der Waals surface area contributed by atoms with Gasteiger partial charge in [-0.2, -0.15) is 0 Å². The van der Waals surface area contributed by atoms with E-state index in [4.69, 9.17) is 0 Å². The second kappa shape index (κ2) is 9.27. The Hall–Kier alpha value is -3.00. The molecule has 1 heterocycles. The maximum Gasteiger partial charge on any atom is 0.269 e. The number of nitrogens with one attached hydrogen (secondary N) is 2. The number of carbonyl (C=O) groups is 2. The van der Waals surface area contributed by atoms with E-state index in [0.29, 0.717) is 12.6 Å². The minimum absolute atomic E-state index is 0.199. The maximum absolute atomic E-state index is 13.1. The van der Waals surface area contributed by atoms with Gasteiger partial charge in [0.1, 0.15) is 11.6 Å². The van der Waals surface area contributed by atoms with Crippen LogP contribution in [0.1, 0.15) is 16.8 Å². The predicted molar refractivity (Wildman–Crippen MR) is 102 cm³/mol. The zero-order chi connectivity index (χ0) is 19.9. The van der Waals surface area contributed by atoms with Crippen LogP contribution in [-0.4, -0.2) is 49.4 Å². The van der Waals surface area contributed by atoms with Crippen LogP contribution < -0.4 is 15.8 Å². The molecule has 2 aromatic rings. The van der Waals surface area contributed by atoms with Crippen molar-refractivity contribution >= 4 is 17.5 Å².